The largest absolute Gasteiger partial charge is 0.370 e. The highest BCUT2D eigenvalue weighted by atomic mass is 19.1. The van der Waals surface area contributed by atoms with Crippen LogP contribution in [0.1, 0.15) is 18.5 Å². The predicted molar refractivity (Wildman–Crippen MR) is 67.4 cm³/mol. The highest BCUT2D eigenvalue weighted by Gasteiger charge is 2.20. The number of carbonyl (C=O) groups is 1. The molecule has 106 valence electrons. The van der Waals surface area contributed by atoms with E-state index in [9.17, 15) is 13.6 Å². The number of halogens is 2. The van der Waals surface area contributed by atoms with Crippen LogP contribution in [-0.4, -0.2) is 37.6 Å². The maximum Gasteiger partial charge on any atom is 0.248 e. The molecule has 0 aliphatic heterocycles. The first-order valence-electron chi connectivity index (χ1n) is 5.95. The Bertz CT molecular complexity index is 441. The Hall–Kier alpha value is -1.53. The van der Waals surface area contributed by atoms with Crippen molar-refractivity contribution in [2.45, 2.75) is 13.0 Å². The Kier molecular flexibility index (Phi) is 5.85. The summed E-state index contributed by atoms with van der Waals surface area (Å²) in [5, 5.41) is 0. The number of rotatable bonds is 6. The van der Waals surface area contributed by atoms with Gasteiger partial charge in [-0.1, -0.05) is 0 Å². The third-order valence-corrected chi connectivity index (χ3v) is 2.87. The summed E-state index contributed by atoms with van der Waals surface area (Å²) in [6.45, 7) is 2.10. The number of hydrogen-bond acceptors (Lipinski definition) is 3. The molecule has 2 N–H and O–H groups in total. The van der Waals surface area contributed by atoms with Crippen molar-refractivity contribution in [3.63, 3.8) is 0 Å². The summed E-state index contributed by atoms with van der Waals surface area (Å²) in [5.74, 6) is -1.40. The van der Waals surface area contributed by atoms with Crippen LogP contribution in [0.15, 0.2) is 18.2 Å². The zero-order chi connectivity index (χ0) is 14.4. The van der Waals surface area contributed by atoms with Gasteiger partial charge in [-0.15, -0.1) is 0 Å². The maximum absolute atomic E-state index is 13.6. The summed E-state index contributed by atoms with van der Waals surface area (Å²) in [6.07, 6.45) is 0. The molecule has 1 unspecified atom stereocenters. The molecular weight excluding hydrogens is 254 g/mol. The fourth-order valence-corrected chi connectivity index (χ4v) is 1.60. The lowest BCUT2D eigenvalue weighted by Crippen LogP contribution is -2.33. The molecule has 1 amide bonds. The van der Waals surface area contributed by atoms with Gasteiger partial charge < -0.3 is 15.4 Å². The first-order chi connectivity index (χ1) is 8.97. The lowest BCUT2D eigenvalue weighted by Gasteiger charge is -2.25. The summed E-state index contributed by atoms with van der Waals surface area (Å²) >= 11 is 0. The van der Waals surface area contributed by atoms with Crippen molar-refractivity contribution < 1.29 is 18.3 Å². The second-order valence-corrected chi connectivity index (χ2v) is 4.19. The molecule has 0 aliphatic rings. The van der Waals surface area contributed by atoms with Gasteiger partial charge >= 0.3 is 0 Å². The van der Waals surface area contributed by atoms with Gasteiger partial charge in [0.25, 0.3) is 0 Å². The Morgan fingerprint density at radius 3 is 2.79 bits per heavy atom. The van der Waals surface area contributed by atoms with E-state index >= 15 is 0 Å². The van der Waals surface area contributed by atoms with Crippen LogP contribution in [0, 0.1) is 11.6 Å². The molecule has 1 aromatic rings. The Balaban J connectivity index is 2.72. The monoisotopic (exact) mass is 272 g/mol. The SMILES string of the molecule is CC(c1cc(F)ccc1F)N(C)C(=O)COCCN. The van der Waals surface area contributed by atoms with Crippen molar-refractivity contribution in [2.24, 2.45) is 5.73 Å². The van der Waals surface area contributed by atoms with Crippen LogP contribution in [0.25, 0.3) is 0 Å². The summed E-state index contributed by atoms with van der Waals surface area (Å²) in [4.78, 5) is 13.1. The van der Waals surface area contributed by atoms with Gasteiger partial charge in [0, 0.05) is 19.2 Å². The van der Waals surface area contributed by atoms with Gasteiger partial charge in [-0.25, -0.2) is 8.78 Å². The molecule has 1 aromatic carbocycles. The van der Waals surface area contributed by atoms with E-state index in [4.69, 9.17) is 10.5 Å². The van der Waals surface area contributed by atoms with Gasteiger partial charge in [0.1, 0.15) is 18.2 Å². The van der Waals surface area contributed by atoms with Gasteiger partial charge in [-0.3, -0.25) is 4.79 Å². The van der Waals surface area contributed by atoms with Crippen LogP contribution in [-0.2, 0) is 9.53 Å². The predicted octanol–water partition coefficient (Wildman–Crippen LogP) is 1.46. The lowest BCUT2D eigenvalue weighted by atomic mass is 10.1. The smallest absolute Gasteiger partial charge is 0.248 e. The minimum absolute atomic E-state index is 0.130. The van der Waals surface area contributed by atoms with E-state index in [1.165, 1.54) is 11.9 Å². The molecule has 0 spiro atoms. The van der Waals surface area contributed by atoms with Gasteiger partial charge in [0.05, 0.1) is 12.6 Å². The van der Waals surface area contributed by atoms with E-state index in [1.54, 1.807) is 6.92 Å². The van der Waals surface area contributed by atoms with Crippen molar-refractivity contribution in [3.05, 3.63) is 35.4 Å². The summed E-state index contributed by atoms with van der Waals surface area (Å²) < 4.78 is 31.7. The fraction of sp³-hybridized carbons (Fsp3) is 0.462. The second-order valence-electron chi connectivity index (χ2n) is 4.19. The van der Waals surface area contributed by atoms with Crippen LogP contribution in [0.2, 0.25) is 0 Å². The van der Waals surface area contributed by atoms with Crippen molar-refractivity contribution in [1.82, 2.24) is 4.90 Å². The molecule has 0 radical (unpaired) electrons. The van der Waals surface area contributed by atoms with Crippen LogP contribution < -0.4 is 5.73 Å². The number of hydrogen-bond donors (Lipinski definition) is 1. The van der Waals surface area contributed by atoms with Crippen LogP contribution in [0.3, 0.4) is 0 Å². The van der Waals surface area contributed by atoms with E-state index in [-0.39, 0.29) is 24.7 Å². The van der Waals surface area contributed by atoms with E-state index in [0.29, 0.717) is 6.54 Å². The van der Waals surface area contributed by atoms with Gasteiger partial charge in [0.15, 0.2) is 0 Å². The first-order valence-corrected chi connectivity index (χ1v) is 5.95. The molecule has 0 aromatic heterocycles. The van der Waals surface area contributed by atoms with Crippen LogP contribution >= 0.6 is 0 Å². The Morgan fingerprint density at radius 2 is 2.16 bits per heavy atom. The average molecular weight is 272 g/mol. The average Bonchev–Trinajstić information content (AvgIpc) is 2.40. The van der Waals surface area contributed by atoms with Gasteiger partial charge in [-0.05, 0) is 25.1 Å². The normalized spacial score (nSPS) is 12.3. The van der Waals surface area contributed by atoms with Crippen molar-refractivity contribution >= 4 is 5.91 Å². The van der Waals surface area contributed by atoms with E-state index in [0.717, 1.165) is 18.2 Å². The Morgan fingerprint density at radius 1 is 1.47 bits per heavy atom. The van der Waals surface area contributed by atoms with Crippen molar-refractivity contribution in [3.8, 4) is 0 Å². The number of amides is 1. The van der Waals surface area contributed by atoms with Gasteiger partial charge in [-0.2, -0.15) is 0 Å². The molecule has 0 saturated carbocycles. The van der Waals surface area contributed by atoms with E-state index in [1.807, 2.05) is 0 Å². The zero-order valence-electron chi connectivity index (χ0n) is 11.0. The van der Waals surface area contributed by atoms with Crippen molar-refractivity contribution in [1.29, 1.82) is 0 Å². The Labute approximate surface area is 111 Å². The molecule has 0 aliphatic carbocycles. The van der Waals surface area contributed by atoms with Gasteiger partial charge in [0.2, 0.25) is 5.91 Å². The summed E-state index contributed by atoms with van der Waals surface area (Å²) in [7, 11) is 1.52. The molecule has 0 heterocycles. The third-order valence-electron chi connectivity index (χ3n) is 2.87. The molecule has 0 bridgehead atoms. The zero-order valence-corrected chi connectivity index (χ0v) is 11.0. The standard InChI is InChI=1S/C13H18F2N2O2/c1-9(11-7-10(14)3-4-12(11)15)17(2)13(18)8-19-6-5-16/h3-4,7,9H,5-6,8,16H2,1-2H3. The minimum Gasteiger partial charge on any atom is -0.370 e. The number of ether oxygens (including phenoxy) is 1. The third kappa shape index (κ3) is 4.25. The molecular formula is C13H18F2N2O2. The van der Waals surface area contributed by atoms with Crippen LogP contribution in [0.4, 0.5) is 8.78 Å². The summed E-state index contributed by atoms with van der Waals surface area (Å²) in [5.41, 5.74) is 5.37. The molecule has 0 saturated heterocycles. The maximum atomic E-state index is 13.6. The number of nitrogens with zero attached hydrogens (tertiary/aromatic N) is 1. The topological polar surface area (TPSA) is 55.6 Å². The first kappa shape index (κ1) is 15.5. The molecule has 4 nitrogen and oxygen atoms in total. The molecule has 1 rings (SSSR count). The second kappa shape index (κ2) is 7.16. The number of carbonyl (C=O) groups excluding carboxylic acids is 1. The minimum atomic E-state index is -0.579. The molecule has 6 heteroatoms. The quantitative estimate of drug-likeness (QED) is 0.798. The number of likely N-dealkylation sites (N-methyl/N-ethyl adjacent to an activating group) is 1. The fourth-order valence-electron chi connectivity index (χ4n) is 1.60. The number of nitrogens with two attached hydrogens (primary N) is 1. The summed E-state index contributed by atoms with van der Waals surface area (Å²) in [6, 6.07) is 2.59. The lowest BCUT2D eigenvalue weighted by molar-refractivity contribution is -0.136. The molecule has 1 atom stereocenters. The highest BCUT2D eigenvalue weighted by Crippen LogP contribution is 2.22. The van der Waals surface area contributed by atoms with Crippen LogP contribution in [0.5, 0.6) is 0 Å². The van der Waals surface area contributed by atoms with Crippen molar-refractivity contribution in [2.75, 3.05) is 26.8 Å². The van der Waals surface area contributed by atoms with E-state index in [2.05, 4.69) is 0 Å². The van der Waals surface area contributed by atoms with E-state index < -0.39 is 17.7 Å². The number of benzene rings is 1. The highest BCUT2D eigenvalue weighted by molar-refractivity contribution is 5.77. The molecule has 0 fully saturated rings. The molecule has 19 heavy (non-hydrogen) atoms.